The normalized spacial score (nSPS) is 19.9. The molecule has 1 saturated heterocycles. The molecule has 4 heteroatoms. The molecule has 1 aromatic carbocycles. The van der Waals surface area contributed by atoms with Gasteiger partial charge in [-0.2, -0.15) is 0 Å². The highest BCUT2D eigenvalue weighted by molar-refractivity contribution is 8.00. The summed E-state index contributed by atoms with van der Waals surface area (Å²) >= 11 is 1.56. The molecule has 0 aliphatic carbocycles. The van der Waals surface area contributed by atoms with Crippen LogP contribution in [-0.2, 0) is 4.79 Å². The molecule has 1 fully saturated rings. The first-order valence-electron chi connectivity index (χ1n) is 6.30. The fraction of sp³-hybridized carbons (Fsp3) is 0.500. The molecule has 0 radical (unpaired) electrons. The molecule has 1 heterocycles. The van der Waals surface area contributed by atoms with E-state index in [-0.39, 0.29) is 12.0 Å². The summed E-state index contributed by atoms with van der Waals surface area (Å²) in [5, 5.41) is 9.54. The molecule has 0 spiro atoms. The van der Waals surface area contributed by atoms with Gasteiger partial charge in [-0.05, 0) is 31.9 Å². The minimum absolute atomic E-state index is 0.124. The van der Waals surface area contributed by atoms with Crippen LogP contribution in [0.15, 0.2) is 29.2 Å². The first-order valence-corrected chi connectivity index (χ1v) is 7.29. The van der Waals surface area contributed by atoms with Gasteiger partial charge < -0.3 is 10.0 Å². The lowest BCUT2D eigenvalue weighted by Crippen LogP contribution is -2.42. The summed E-state index contributed by atoms with van der Waals surface area (Å²) in [4.78, 5) is 14.9. The van der Waals surface area contributed by atoms with Crippen LogP contribution in [0.2, 0.25) is 0 Å². The zero-order chi connectivity index (χ0) is 13.0. The van der Waals surface area contributed by atoms with Crippen LogP contribution >= 0.6 is 11.8 Å². The third kappa shape index (κ3) is 3.75. The topological polar surface area (TPSA) is 40.5 Å². The van der Waals surface area contributed by atoms with E-state index in [1.54, 1.807) is 16.7 Å². The highest BCUT2D eigenvalue weighted by Crippen LogP contribution is 2.19. The number of thioether (sulfide) groups is 1. The van der Waals surface area contributed by atoms with Gasteiger partial charge in [-0.1, -0.05) is 17.7 Å². The van der Waals surface area contributed by atoms with Gasteiger partial charge in [0.25, 0.3) is 0 Å². The Kier molecular flexibility index (Phi) is 4.66. The average molecular weight is 265 g/mol. The van der Waals surface area contributed by atoms with Gasteiger partial charge in [-0.3, -0.25) is 4.79 Å². The number of piperidine rings is 1. The first-order chi connectivity index (χ1) is 8.65. The molecule has 1 aliphatic rings. The number of carbonyl (C=O) groups excluding carboxylic acids is 1. The van der Waals surface area contributed by atoms with Crippen molar-refractivity contribution in [2.45, 2.75) is 30.8 Å². The molecule has 1 atom stereocenters. The van der Waals surface area contributed by atoms with E-state index in [1.807, 2.05) is 12.1 Å². The minimum Gasteiger partial charge on any atom is -0.391 e. The van der Waals surface area contributed by atoms with Gasteiger partial charge in [0.1, 0.15) is 0 Å². The van der Waals surface area contributed by atoms with Crippen LogP contribution in [0.5, 0.6) is 0 Å². The van der Waals surface area contributed by atoms with Crippen molar-refractivity contribution in [3.63, 3.8) is 0 Å². The van der Waals surface area contributed by atoms with Crippen molar-refractivity contribution >= 4 is 17.7 Å². The van der Waals surface area contributed by atoms with Gasteiger partial charge in [0.15, 0.2) is 0 Å². The average Bonchev–Trinajstić information content (AvgIpc) is 2.38. The number of likely N-dealkylation sites (tertiary alicyclic amines) is 1. The van der Waals surface area contributed by atoms with E-state index in [2.05, 4.69) is 19.1 Å². The molecule has 1 amide bonds. The molecule has 0 saturated carbocycles. The summed E-state index contributed by atoms with van der Waals surface area (Å²) in [5.74, 6) is 0.579. The number of hydrogen-bond acceptors (Lipinski definition) is 3. The second-order valence-corrected chi connectivity index (χ2v) is 5.79. The lowest BCUT2D eigenvalue weighted by atomic mass is 10.1. The number of hydrogen-bond donors (Lipinski definition) is 1. The van der Waals surface area contributed by atoms with Crippen molar-refractivity contribution < 1.29 is 9.90 Å². The number of amides is 1. The predicted octanol–water partition coefficient (Wildman–Crippen LogP) is 2.07. The number of nitrogens with zero attached hydrogens (tertiary/aromatic N) is 1. The molecule has 0 unspecified atom stereocenters. The number of aliphatic hydroxyl groups is 1. The highest BCUT2D eigenvalue weighted by Gasteiger charge is 2.21. The Morgan fingerprint density at radius 2 is 2.17 bits per heavy atom. The van der Waals surface area contributed by atoms with Crippen LogP contribution in [-0.4, -0.2) is 40.9 Å². The summed E-state index contributed by atoms with van der Waals surface area (Å²) in [6.45, 7) is 3.33. The molecule has 0 aromatic heterocycles. The number of rotatable bonds is 3. The summed E-state index contributed by atoms with van der Waals surface area (Å²) in [7, 11) is 0. The van der Waals surface area contributed by atoms with Crippen molar-refractivity contribution in [1.82, 2.24) is 4.90 Å². The fourth-order valence-electron chi connectivity index (χ4n) is 2.05. The van der Waals surface area contributed by atoms with Crippen LogP contribution in [0.25, 0.3) is 0 Å². The summed E-state index contributed by atoms with van der Waals surface area (Å²) in [6.07, 6.45) is 1.38. The van der Waals surface area contributed by atoms with Gasteiger partial charge in [0.05, 0.1) is 11.9 Å². The van der Waals surface area contributed by atoms with Crippen LogP contribution in [0.3, 0.4) is 0 Å². The highest BCUT2D eigenvalue weighted by atomic mass is 32.2. The molecule has 98 valence electrons. The number of aliphatic hydroxyl groups excluding tert-OH is 1. The number of aryl methyl sites for hydroxylation is 1. The maximum absolute atomic E-state index is 12.0. The smallest absolute Gasteiger partial charge is 0.233 e. The second kappa shape index (κ2) is 6.25. The summed E-state index contributed by atoms with van der Waals surface area (Å²) in [5.41, 5.74) is 1.23. The molecular formula is C14H19NO2S. The Bertz CT molecular complexity index is 405. The minimum atomic E-state index is -0.341. The zero-order valence-corrected chi connectivity index (χ0v) is 11.4. The Morgan fingerprint density at radius 1 is 1.44 bits per heavy atom. The number of benzene rings is 1. The molecule has 3 nitrogen and oxygen atoms in total. The quantitative estimate of drug-likeness (QED) is 0.851. The predicted molar refractivity (Wildman–Crippen MR) is 73.7 cm³/mol. The van der Waals surface area contributed by atoms with Gasteiger partial charge in [-0.25, -0.2) is 0 Å². The lowest BCUT2D eigenvalue weighted by molar-refractivity contribution is -0.131. The fourth-order valence-corrected chi connectivity index (χ4v) is 2.85. The van der Waals surface area contributed by atoms with Gasteiger partial charge in [-0.15, -0.1) is 11.8 Å². The Morgan fingerprint density at radius 3 is 2.83 bits per heavy atom. The van der Waals surface area contributed by atoms with E-state index in [1.165, 1.54) is 5.56 Å². The monoisotopic (exact) mass is 265 g/mol. The van der Waals surface area contributed by atoms with Crippen LogP contribution in [0, 0.1) is 6.92 Å². The van der Waals surface area contributed by atoms with Crippen LogP contribution < -0.4 is 0 Å². The van der Waals surface area contributed by atoms with Crippen molar-refractivity contribution in [2.75, 3.05) is 18.8 Å². The maximum atomic E-state index is 12.0. The molecule has 2 rings (SSSR count). The molecule has 1 aliphatic heterocycles. The van der Waals surface area contributed by atoms with E-state index in [4.69, 9.17) is 0 Å². The lowest BCUT2D eigenvalue weighted by Gasteiger charge is -2.30. The summed E-state index contributed by atoms with van der Waals surface area (Å²) < 4.78 is 0. The van der Waals surface area contributed by atoms with E-state index in [9.17, 15) is 9.90 Å². The van der Waals surface area contributed by atoms with E-state index in [0.717, 1.165) is 24.3 Å². The molecule has 1 aromatic rings. The largest absolute Gasteiger partial charge is 0.391 e. The van der Waals surface area contributed by atoms with Gasteiger partial charge in [0, 0.05) is 18.0 Å². The van der Waals surface area contributed by atoms with E-state index >= 15 is 0 Å². The standard InChI is InChI=1S/C14H19NO2S/c1-11-4-6-13(7-5-11)18-10-14(17)15-8-2-3-12(16)9-15/h4-7,12,16H,2-3,8-10H2,1H3/t12-/m0/s1. The molecule has 1 N–H and O–H groups in total. The summed E-state index contributed by atoms with van der Waals surface area (Å²) in [6, 6.07) is 8.19. The van der Waals surface area contributed by atoms with Gasteiger partial charge >= 0.3 is 0 Å². The Hall–Kier alpha value is -1.00. The van der Waals surface area contributed by atoms with Gasteiger partial charge in [0.2, 0.25) is 5.91 Å². The number of carbonyl (C=O) groups is 1. The Balaban J connectivity index is 1.82. The van der Waals surface area contributed by atoms with E-state index in [0.29, 0.717) is 12.3 Å². The Labute approximate surface area is 112 Å². The van der Waals surface area contributed by atoms with Crippen molar-refractivity contribution in [3.05, 3.63) is 29.8 Å². The zero-order valence-electron chi connectivity index (χ0n) is 10.6. The third-order valence-corrected chi connectivity index (χ3v) is 4.13. The van der Waals surface area contributed by atoms with Crippen LogP contribution in [0.1, 0.15) is 18.4 Å². The van der Waals surface area contributed by atoms with Crippen LogP contribution in [0.4, 0.5) is 0 Å². The second-order valence-electron chi connectivity index (χ2n) is 4.74. The third-order valence-electron chi connectivity index (χ3n) is 3.13. The van der Waals surface area contributed by atoms with Crippen molar-refractivity contribution in [2.24, 2.45) is 0 Å². The van der Waals surface area contributed by atoms with Crippen molar-refractivity contribution in [1.29, 1.82) is 0 Å². The molecule has 18 heavy (non-hydrogen) atoms. The van der Waals surface area contributed by atoms with Crippen molar-refractivity contribution in [3.8, 4) is 0 Å². The first kappa shape index (κ1) is 13.4. The van der Waals surface area contributed by atoms with E-state index < -0.39 is 0 Å². The molecule has 0 bridgehead atoms. The number of β-amino-alcohol motifs (C(OH)–C–C–N with tert-alkyl or cyclic N) is 1. The maximum Gasteiger partial charge on any atom is 0.233 e. The molecular weight excluding hydrogens is 246 g/mol. The SMILES string of the molecule is Cc1ccc(SCC(=O)N2CCC[C@H](O)C2)cc1.